The maximum Gasteiger partial charge on any atom is 0.332 e. The zero-order chi connectivity index (χ0) is 70.3. The minimum Gasteiger partial charge on any atom is -0.396 e. The summed E-state index contributed by atoms with van der Waals surface area (Å²) in [7, 11) is 8.05. The molecule has 0 spiro atoms. The molecule has 0 radical (unpaired) electrons. The smallest absolute Gasteiger partial charge is 0.332 e. The second-order valence-electron chi connectivity index (χ2n) is 26.7. The Morgan fingerprint density at radius 3 is 1.15 bits per heavy atom. The molecule has 31 heteroatoms. The SMILES string of the molecule is CCC1(O)CCCC(CCO)C1.CCC1(O)CCCC(CCOS(C)(=O)=O)C1.CCC1(O)CCCC(CCn2c(=O)c3c(ncn3C)n(C)c2=O)C1.CCC1(O)CCCC(CCn2c(=O)c3c(ncn3C)n(C)c2=O)C1.CS(=O)(=O)Cl.Cn1cnc2c1c(=O)[nH]c(=O)n2C. The minimum atomic E-state index is -3.32. The van der Waals surface area contributed by atoms with Crippen molar-refractivity contribution in [2.24, 2.45) is 66.0 Å². The molecule has 0 amide bonds. The van der Waals surface area contributed by atoms with Gasteiger partial charge in [-0.1, -0.05) is 79.1 Å². The second kappa shape index (κ2) is 34.1. The highest BCUT2D eigenvalue weighted by Crippen LogP contribution is 2.39. The molecule has 6 aromatic rings. The fraction of sp³-hybridized carbons (Fsp3) is 0.762. The van der Waals surface area contributed by atoms with Crippen molar-refractivity contribution in [1.82, 2.24) is 56.5 Å². The van der Waals surface area contributed by atoms with Crippen LogP contribution in [0.5, 0.6) is 0 Å². The first kappa shape index (κ1) is 79.1. The van der Waals surface area contributed by atoms with Crippen LogP contribution >= 0.6 is 10.7 Å². The van der Waals surface area contributed by atoms with E-state index in [0.717, 1.165) is 160 Å². The summed E-state index contributed by atoms with van der Waals surface area (Å²) in [5.41, 5.74) is -1.64. The summed E-state index contributed by atoms with van der Waals surface area (Å²) < 4.78 is 56.8. The van der Waals surface area contributed by atoms with Gasteiger partial charge in [0.2, 0.25) is 9.05 Å². The van der Waals surface area contributed by atoms with Gasteiger partial charge in [-0.15, -0.1) is 0 Å². The number of aliphatic hydroxyl groups is 5. The largest absolute Gasteiger partial charge is 0.396 e. The summed E-state index contributed by atoms with van der Waals surface area (Å²) in [6.45, 7) is 9.34. The maximum absolute atomic E-state index is 12.7. The van der Waals surface area contributed by atoms with Crippen LogP contribution < -0.4 is 33.7 Å². The van der Waals surface area contributed by atoms with Crippen LogP contribution in [0.4, 0.5) is 0 Å². The number of rotatable bonds is 16. The van der Waals surface area contributed by atoms with Crippen molar-refractivity contribution in [1.29, 1.82) is 0 Å². The molecule has 28 nitrogen and oxygen atoms in total. The highest BCUT2D eigenvalue weighted by molar-refractivity contribution is 8.13. The van der Waals surface area contributed by atoms with Gasteiger partial charge in [-0.05, 0) is 126 Å². The van der Waals surface area contributed by atoms with Gasteiger partial charge in [0.25, 0.3) is 26.8 Å². The number of nitrogens with one attached hydrogen (secondary N) is 1. The average Bonchev–Trinajstić information content (AvgIpc) is 1.54. The van der Waals surface area contributed by atoms with E-state index in [1.54, 1.807) is 68.6 Å². The van der Waals surface area contributed by atoms with Crippen LogP contribution in [-0.4, -0.2) is 147 Å². The van der Waals surface area contributed by atoms with Gasteiger partial charge in [-0.3, -0.25) is 46.4 Å². The molecule has 8 unspecified atom stereocenters. The molecular weight excluding hydrogens is 1280 g/mol. The van der Waals surface area contributed by atoms with Crippen LogP contribution in [0.25, 0.3) is 33.5 Å². The van der Waals surface area contributed by atoms with E-state index in [1.807, 2.05) is 27.7 Å². The van der Waals surface area contributed by atoms with E-state index < -0.39 is 52.8 Å². The number of aliphatic hydroxyl groups excluding tert-OH is 1. The number of H-pyrrole nitrogens is 1. The van der Waals surface area contributed by atoms with Crippen molar-refractivity contribution in [3.63, 3.8) is 0 Å². The Morgan fingerprint density at radius 2 is 0.830 bits per heavy atom. The van der Waals surface area contributed by atoms with Gasteiger partial charge >= 0.3 is 17.1 Å². The number of aryl methyl sites for hydroxylation is 6. The predicted molar refractivity (Wildman–Crippen MR) is 363 cm³/mol. The number of hydrogen-bond acceptors (Lipinski definition) is 19. The lowest BCUT2D eigenvalue weighted by Crippen LogP contribution is -2.41. The van der Waals surface area contributed by atoms with Crippen LogP contribution in [-0.2, 0) is 78.7 Å². The van der Waals surface area contributed by atoms with E-state index in [9.17, 15) is 66.0 Å². The van der Waals surface area contributed by atoms with Gasteiger partial charge in [0.05, 0.1) is 60.5 Å². The Kier molecular flexibility index (Phi) is 28.7. The zero-order valence-corrected chi connectivity index (χ0v) is 59.6. The molecule has 8 atom stereocenters. The fourth-order valence-corrected chi connectivity index (χ4v) is 14.1. The monoisotopic (exact) mass is 1380 g/mol. The zero-order valence-electron chi connectivity index (χ0n) is 57.2. The number of hydrogen-bond donors (Lipinski definition) is 6. The van der Waals surface area contributed by atoms with E-state index in [1.165, 1.54) is 35.6 Å². The van der Waals surface area contributed by atoms with Gasteiger partial charge in [-0.25, -0.2) is 37.8 Å². The number of halogens is 1. The summed E-state index contributed by atoms with van der Waals surface area (Å²) in [6, 6.07) is 0. The van der Waals surface area contributed by atoms with Crippen molar-refractivity contribution < 1.29 is 46.6 Å². The van der Waals surface area contributed by atoms with Crippen molar-refractivity contribution in [2.75, 3.05) is 25.7 Å². The van der Waals surface area contributed by atoms with Crippen LogP contribution in [0.2, 0.25) is 0 Å². The molecule has 6 aromatic heterocycles. The summed E-state index contributed by atoms with van der Waals surface area (Å²) in [4.78, 5) is 87.2. The summed E-state index contributed by atoms with van der Waals surface area (Å²) in [5, 5.41) is 49.9. The third-order valence-corrected chi connectivity index (χ3v) is 20.2. The highest BCUT2D eigenvalue weighted by Gasteiger charge is 2.36. The molecule has 94 heavy (non-hydrogen) atoms. The lowest BCUT2D eigenvalue weighted by Gasteiger charge is -2.36. The van der Waals surface area contributed by atoms with Crippen LogP contribution in [0.1, 0.15) is 182 Å². The number of fused-ring (bicyclic) bond motifs is 3. The molecule has 10 rings (SSSR count). The van der Waals surface area contributed by atoms with Crippen LogP contribution in [0.3, 0.4) is 0 Å². The first-order chi connectivity index (χ1) is 43.9. The second-order valence-corrected chi connectivity index (χ2v) is 31.4. The van der Waals surface area contributed by atoms with E-state index in [4.69, 9.17) is 9.29 Å². The number of imidazole rings is 3. The third kappa shape index (κ3) is 22.0. The van der Waals surface area contributed by atoms with Gasteiger partial charge < -0.3 is 39.2 Å². The van der Waals surface area contributed by atoms with Crippen LogP contribution in [0.15, 0.2) is 47.7 Å². The number of nitrogens with zero attached hydrogens (tertiary/aromatic N) is 11. The van der Waals surface area contributed by atoms with Gasteiger partial charge in [0.1, 0.15) is 0 Å². The highest BCUT2D eigenvalue weighted by atomic mass is 35.7. The molecule has 4 aliphatic carbocycles. The Labute approximate surface area is 554 Å². The fourth-order valence-electron chi connectivity index (χ4n) is 13.7. The molecule has 532 valence electrons. The first-order valence-electron chi connectivity index (χ1n) is 32.9. The lowest BCUT2D eigenvalue weighted by molar-refractivity contribution is -0.0230. The Bertz CT molecular complexity index is 3940. The quantitative estimate of drug-likeness (QED) is 0.0557. The Balaban J connectivity index is 0.000000214. The van der Waals surface area contributed by atoms with Crippen molar-refractivity contribution in [2.45, 2.75) is 217 Å². The average molecular weight is 1390 g/mol. The molecule has 0 aromatic carbocycles. The topological polar surface area (TPSA) is 375 Å². The molecule has 4 fully saturated rings. The summed E-state index contributed by atoms with van der Waals surface area (Å²) >= 11 is 0. The molecule has 4 saturated carbocycles. The van der Waals surface area contributed by atoms with E-state index in [-0.39, 0.29) is 35.7 Å². The molecular formula is C63H105ClN12O16S2. The van der Waals surface area contributed by atoms with E-state index >= 15 is 0 Å². The molecule has 6 N–H and O–H groups in total. The normalized spacial score (nSPS) is 24.7. The number of aromatic amines is 1. The molecule has 0 aliphatic heterocycles. The van der Waals surface area contributed by atoms with Crippen molar-refractivity contribution >= 4 is 63.3 Å². The van der Waals surface area contributed by atoms with E-state index in [2.05, 4.69) is 30.6 Å². The Hall–Kier alpha value is -5.60. The lowest BCUT2D eigenvalue weighted by atomic mass is 9.75. The van der Waals surface area contributed by atoms with Gasteiger partial charge in [0.15, 0.2) is 33.5 Å². The minimum absolute atomic E-state index is 0.239. The molecule has 0 bridgehead atoms. The van der Waals surface area contributed by atoms with Crippen molar-refractivity contribution in [3.05, 3.63) is 81.5 Å². The first-order valence-corrected chi connectivity index (χ1v) is 37.5. The maximum atomic E-state index is 12.7. The predicted octanol–water partition coefficient (Wildman–Crippen LogP) is 4.84. The standard InChI is InChI=1S/2C17H26N4O3.C11H22O4S.C10H20O2.C7H8N4O2.CH3ClO2S/c2*1-4-17(24)8-5-6-12(10-17)7-9-21-15(22)13-14(18-11-19(13)2)20(3)16(21)23;1-3-11(12)7-4-5-10(9-11)6-8-15-16(2,13)14;1-2-10(12)6-3-4-9(8-10)5-7-11;1-10-3-8-5-4(10)6(12)9-7(13)11(5)2;1-5(2,3)4/h2*11-12,24H,4-10H2,1-3H3;10,12H,3-9H2,1-2H3;9,11-12H,2-8H2,1H3;3H,1-2H3,(H,9,12,13);1H3. The molecule has 6 heterocycles. The summed E-state index contributed by atoms with van der Waals surface area (Å²) in [5.74, 6) is 1.64. The number of aromatic nitrogens is 12. The van der Waals surface area contributed by atoms with E-state index in [0.29, 0.717) is 70.3 Å². The van der Waals surface area contributed by atoms with Crippen LogP contribution in [0, 0.1) is 23.7 Å². The Morgan fingerprint density at radius 1 is 0.521 bits per heavy atom. The third-order valence-electron chi connectivity index (χ3n) is 19.6. The van der Waals surface area contributed by atoms with Gasteiger partial charge in [-0.2, -0.15) is 8.42 Å². The molecule has 0 saturated heterocycles. The summed E-state index contributed by atoms with van der Waals surface area (Å²) in [6.07, 6.45) is 28.0. The molecule has 4 aliphatic rings. The van der Waals surface area contributed by atoms with Crippen molar-refractivity contribution in [3.8, 4) is 0 Å². The van der Waals surface area contributed by atoms with Gasteiger partial charge in [0, 0.05) is 72.7 Å².